The first-order chi connectivity index (χ1) is 10.2. The number of benzene rings is 1. The van der Waals surface area contributed by atoms with Crippen LogP contribution in [-0.2, 0) is 16.1 Å². The van der Waals surface area contributed by atoms with Gasteiger partial charge in [0, 0.05) is 11.6 Å². The molecule has 0 bridgehead atoms. The molecule has 0 saturated heterocycles. The first-order valence-electron chi connectivity index (χ1n) is 7.84. The molecule has 0 atom stereocenters. The van der Waals surface area contributed by atoms with E-state index >= 15 is 0 Å². The van der Waals surface area contributed by atoms with Crippen molar-refractivity contribution in [3.8, 4) is 0 Å². The van der Waals surface area contributed by atoms with Crippen LogP contribution in [-0.4, -0.2) is 36.7 Å². The Bertz CT molecular complexity index is 430. The molecule has 3 nitrogen and oxygen atoms in total. The molecule has 0 amide bonds. The number of hydrogen-bond acceptors (Lipinski definition) is 2. The molecule has 0 spiro atoms. The number of ether oxygens (including phenoxy) is 1. The second-order valence-electron chi connectivity index (χ2n) is 5.42. The fourth-order valence-corrected chi connectivity index (χ4v) is 2.59. The van der Waals surface area contributed by atoms with Crippen molar-refractivity contribution in [1.82, 2.24) is 0 Å². The zero-order valence-corrected chi connectivity index (χ0v) is 15.3. The summed E-state index contributed by atoms with van der Waals surface area (Å²) in [5, 5.41) is 0. The van der Waals surface area contributed by atoms with Crippen LogP contribution >= 0.6 is 0 Å². The normalized spacial score (nSPS) is 10.6. The van der Waals surface area contributed by atoms with Gasteiger partial charge in [-0.2, -0.15) is 0 Å². The van der Waals surface area contributed by atoms with Crippen LogP contribution < -0.4 is 17.0 Å². The van der Waals surface area contributed by atoms with Gasteiger partial charge in [0.1, 0.15) is 6.54 Å². The van der Waals surface area contributed by atoms with Gasteiger partial charge in [0.15, 0.2) is 0 Å². The minimum absolute atomic E-state index is 0. The van der Waals surface area contributed by atoms with Crippen LogP contribution in [0, 0.1) is 0 Å². The summed E-state index contributed by atoms with van der Waals surface area (Å²) >= 11 is 0. The Balaban J connectivity index is 0.00000441. The van der Waals surface area contributed by atoms with E-state index < -0.39 is 0 Å². The third-order valence-corrected chi connectivity index (χ3v) is 4.14. The quantitative estimate of drug-likeness (QED) is 0.260. The van der Waals surface area contributed by atoms with Gasteiger partial charge in [0.2, 0.25) is 0 Å². The predicted molar refractivity (Wildman–Crippen MR) is 86.7 cm³/mol. The lowest BCUT2D eigenvalue weighted by Gasteiger charge is -2.37. The van der Waals surface area contributed by atoms with Crippen molar-refractivity contribution >= 4 is 5.97 Å². The predicted octanol–water partition coefficient (Wildman–Crippen LogP) is 0.557. The molecule has 4 heteroatoms. The molecular formula is C18H28BrNO2. The summed E-state index contributed by atoms with van der Waals surface area (Å²) in [6, 6.07) is 10.7. The van der Waals surface area contributed by atoms with E-state index in [1.165, 1.54) is 11.6 Å². The van der Waals surface area contributed by atoms with Gasteiger partial charge in [-0.05, 0) is 26.7 Å². The van der Waals surface area contributed by atoms with E-state index in [4.69, 9.17) is 4.74 Å². The van der Waals surface area contributed by atoms with Gasteiger partial charge in [0.25, 0.3) is 0 Å². The van der Waals surface area contributed by atoms with Crippen molar-refractivity contribution in [2.45, 2.75) is 33.2 Å². The van der Waals surface area contributed by atoms with Crippen LogP contribution in [0.1, 0.15) is 32.3 Å². The second-order valence-corrected chi connectivity index (χ2v) is 5.42. The van der Waals surface area contributed by atoms with Crippen molar-refractivity contribution in [2.24, 2.45) is 0 Å². The molecule has 1 aromatic rings. The number of halogens is 1. The van der Waals surface area contributed by atoms with Crippen LogP contribution in [0.3, 0.4) is 0 Å². The van der Waals surface area contributed by atoms with Crippen LogP contribution in [0.25, 0.3) is 0 Å². The number of carbonyl (C=O) groups excluding carboxylic acids is 1. The van der Waals surface area contributed by atoms with Crippen LogP contribution in [0.2, 0.25) is 0 Å². The molecule has 0 aliphatic heterocycles. The largest absolute Gasteiger partial charge is 1.00 e. The summed E-state index contributed by atoms with van der Waals surface area (Å²) in [7, 11) is 0. The highest BCUT2D eigenvalue weighted by molar-refractivity contribution is 5.81. The van der Waals surface area contributed by atoms with E-state index in [9.17, 15) is 4.79 Å². The minimum Gasteiger partial charge on any atom is -1.00 e. The molecule has 0 heterocycles. The standard InChI is InChI=1S/C18H28NO2.BrH/c1-4-18(20)21-15-11-10-14-19(5-2,6-3)16-17-12-8-7-9-13-17;/h4,7-9,12-13H,1,5-6,10-11,14-16H2,2-3H3;1H/q+1;/p-1. The lowest BCUT2D eigenvalue weighted by atomic mass is 10.1. The average Bonchev–Trinajstić information content (AvgIpc) is 2.54. The Hall–Kier alpha value is -1.13. The first-order valence-corrected chi connectivity index (χ1v) is 7.84. The minimum atomic E-state index is -0.328. The molecule has 1 aromatic carbocycles. The molecule has 22 heavy (non-hydrogen) atoms. The smallest absolute Gasteiger partial charge is 0.330 e. The van der Waals surface area contributed by atoms with Crippen molar-refractivity contribution in [3.63, 3.8) is 0 Å². The van der Waals surface area contributed by atoms with Crippen molar-refractivity contribution < 1.29 is 31.0 Å². The Morgan fingerprint density at radius 2 is 1.82 bits per heavy atom. The average molecular weight is 370 g/mol. The lowest BCUT2D eigenvalue weighted by Crippen LogP contribution is -3.00. The summed E-state index contributed by atoms with van der Waals surface area (Å²) in [5.41, 5.74) is 1.39. The van der Waals surface area contributed by atoms with Crippen molar-refractivity contribution in [3.05, 3.63) is 48.6 Å². The summed E-state index contributed by atoms with van der Waals surface area (Å²) in [6.45, 7) is 12.8. The number of nitrogens with zero attached hydrogens (tertiary/aromatic N) is 1. The first kappa shape index (κ1) is 20.9. The Morgan fingerprint density at radius 3 is 2.36 bits per heavy atom. The maximum atomic E-state index is 11.0. The van der Waals surface area contributed by atoms with Gasteiger partial charge in [-0.1, -0.05) is 36.9 Å². The van der Waals surface area contributed by atoms with E-state index in [1.54, 1.807) is 0 Å². The fourth-order valence-electron chi connectivity index (χ4n) is 2.59. The summed E-state index contributed by atoms with van der Waals surface area (Å²) in [6.07, 6.45) is 3.20. The van der Waals surface area contributed by atoms with Gasteiger partial charge >= 0.3 is 5.97 Å². The van der Waals surface area contributed by atoms with Gasteiger partial charge in [-0.3, -0.25) is 0 Å². The van der Waals surface area contributed by atoms with Gasteiger partial charge in [0.05, 0.1) is 26.2 Å². The Morgan fingerprint density at radius 1 is 1.18 bits per heavy atom. The van der Waals surface area contributed by atoms with Crippen LogP contribution in [0.4, 0.5) is 0 Å². The number of rotatable bonds is 10. The second kappa shape index (κ2) is 11.4. The highest BCUT2D eigenvalue weighted by atomic mass is 79.9. The SMILES string of the molecule is C=CC(=O)OCCCC[N+](CC)(CC)Cc1ccccc1.[Br-]. The van der Waals surface area contributed by atoms with E-state index in [0.717, 1.165) is 43.5 Å². The maximum Gasteiger partial charge on any atom is 0.330 e. The third kappa shape index (κ3) is 7.23. The van der Waals surface area contributed by atoms with Gasteiger partial charge in [-0.25, -0.2) is 4.79 Å². The zero-order chi connectivity index (χ0) is 15.6. The van der Waals surface area contributed by atoms with Crippen LogP contribution in [0.5, 0.6) is 0 Å². The number of carbonyl (C=O) groups is 1. The molecule has 0 N–H and O–H groups in total. The summed E-state index contributed by atoms with van der Waals surface area (Å²) in [4.78, 5) is 11.0. The third-order valence-electron chi connectivity index (χ3n) is 4.14. The van der Waals surface area contributed by atoms with E-state index in [2.05, 4.69) is 50.8 Å². The summed E-state index contributed by atoms with van der Waals surface area (Å²) in [5.74, 6) is -0.328. The highest BCUT2D eigenvalue weighted by Gasteiger charge is 2.23. The van der Waals surface area contributed by atoms with Gasteiger partial charge < -0.3 is 26.2 Å². The maximum absolute atomic E-state index is 11.0. The van der Waals surface area contributed by atoms with E-state index in [-0.39, 0.29) is 23.0 Å². The summed E-state index contributed by atoms with van der Waals surface area (Å²) < 4.78 is 6.11. The zero-order valence-electron chi connectivity index (χ0n) is 13.8. The van der Waals surface area contributed by atoms with Crippen LogP contribution in [0.15, 0.2) is 43.0 Å². The molecule has 0 aliphatic carbocycles. The Kier molecular flexibility index (Phi) is 10.9. The Labute approximate surface area is 145 Å². The van der Waals surface area contributed by atoms with Crippen molar-refractivity contribution in [2.75, 3.05) is 26.2 Å². The number of hydrogen-bond donors (Lipinski definition) is 0. The monoisotopic (exact) mass is 369 g/mol. The highest BCUT2D eigenvalue weighted by Crippen LogP contribution is 2.16. The molecule has 0 unspecified atom stereocenters. The van der Waals surface area contributed by atoms with E-state index in [1.807, 2.05) is 0 Å². The number of quaternary nitrogens is 1. The topological polar surface area (TPSA) is 26.3 Å². The molecule has 0 saturated carbocycles. The van der Waals surface area contributed by atoms with Gasteiger partial charge in [-0.15, -0.1) is 0 Å². The van der Waals surface area contributed by atoms with Crippen molar-refractivity contribution in [1.29, 1.82) is 0 Å². The molecule has 1 rings (SSSR count). The lowest BCUT2D eigenvalue weighted by molar-refractivity contribution is -0.938. The molecule has 0 radical (unpaired) electrons. The molecular weight excluding hydrogens is 342 g/mol. The number of unbranched alkanes of at least 4 members (excludes halogenated alkanes) is 1. The molecule has 0 aromatic heterocycles. The number of esters is 1. The molecule has 124 valence electrons. The molecule has 0 fully saturated rings. The van der Waals surface area contributed by atoms with E-state index in [0.29, 0.717) is 6.61 Å². The fraction of sp³-hybridized carbons (Fsp3) is 0.500. The molecule has 0 aliphatic rings.